The van der Waals surface area contributed by atoms with Gasteiger partial charge in [-0.3, -0.25) is 4.98 Å². The molecule has 2 heteroatoms. The molecule has 0 spiro atoms. The molecule has 1 heterocycles. The Morgan fingerprint density at radius 2 is 2.06 bits per heavy atom. The van der Waals surface area contributed by atoms with Gasteiger partial charge < -0.3 is 5.32 Å². The van der Waals surface area contributed by atoms with Crippen LogP contribution in [0.1, 0.15) is 25.0 Å². The third-order valence-electron chi connectivity index (χ3n) is 2.99. The molecular formula is C16H20N2. The summed E-state index contributed by atoms with van der Waals surface area (Å²) in [5.41, 5.74) is 5.05. The standard InChI is InChI=1S/C16H20N2/c1-12(2)18-10-14-7-6-13(3)16(9-14)15-5-4-8-17-11-15/h4-9,11-12,18H,10H2,1-3H3. The smallest absolute Gasteiger partial charge is 0.0346 e. The monoisotopic (exact) mass is 240 g/mol. The van der Waals surface area contributed by atoms with Crippen LogP contribution in [-0.4, -0.2) is 11.0 Å². The van der Waals surface area contributed by atoms with E-state index in [0.717, 1.165) is 6.54 Å². The van der Waals surface area contributed by atoms with Crippen LogP contribution in [0.25, 0.3) is 11.1 Å². The molecule has 0 radical (unpaired) electrons. The fourth-order valence-electron chi connectivity index (χ4n) is 1.93. The molecule has 0 bridgehead atoms. The van der Waals surface area contributed by atoms with E-state index >= 15 is 0 Å². The molecule has 0 aliphatic rings. The van der Waals surface area contributed by atoms with E-state index in [9.17, 15) is 0 Å². The second kappa shape index (κ2) is 5.78. The van der Waals surface area contributed by atoms with Gasteiger partial charge in [-0.05, 0) is 35.7 Å². The van der Waals surface area contributed by atoms with Crippen LogP contribution in [-0.2, 0) is 6.54 Å². The molecule has 0 saturated carbocycles. The third kappa shape index (κ3) is 3.17. The fraction of sp³-hybridized carbons (Fsp3) is 0.312. The van der Waals surface area contributed by atoms with Crippen LogP contribution in [0.15, 0.2) is 42.7 Å². The van der Waals surface area contributed by atoms with Gasteiger partial charge in [-0.1, -0.05) is 32.0 Å². The van der Waals surface area contributed by atoms with Crippen LogP contribution in [0.2, 0.25) is 0 Å². The lowest BCUT2D eigenvalue weighted by molar-refractivity contribution is 0.589. The predicted octanol–water partition coefficient (Wildman–Crippen LogP) is 3.56. The summed E-state index contributed by atoms with van der Waals surface area (Å²) in [5.74, 6) is 0. The minimum Gasteiger partial charge on any atom is -0.310 e. The number of pyridine rings is 1. The third-order valence-corrected chi connectivity index (χ3v) is 2.99. The quantitative estimate of drug-likeness (QED) is 0.884. The molecule has 0 fully saturated rings. The number of nitrogens with zero attached hydrogens (tertiary/aromatic N) is 1. The molecule has 0 atom stereocenters. The van der Waals surface area contributed by atoms with E-state index in [1.165, 1.54) is 22.3 Å². The first kappa shape index (κ1) is 12.8. The lowest BCUT2D eigenvalue weighted by Gasteiger charge is -2.11. The van der Waals surface area contributed by atoms with E-state index in [1.54, 1.807) is 0 Å². The molecule has 0 aliphatic carbocycles. The zero-order valence-electron chi connectivity index (χ0n) is 11.3. The minimum atomic E-state index is 0.508. The van der Waals surface area contributed by atoms with Gasteiger partial charge in [-0.2, -0.15) is 0 Å². The Kier molecular flexibility index (Phi) is 4.11. The van der Waals surface area contributed by atoms with Gasteiger partial charge in [0.15, 0.2) is 0 Å². The van der Waals surface area contributed by atoms with Gasteiger partial charge in [-0.25, -0.2) is 0 Å². The molecule has 1 aromatic heterocycles. The Hall–Kier alpha value is -1.67. The van der Waals surface area contributed by atoms with E-state index in [-0.39, 0.29) is 0 Å². The summed E-state index contributed by atoms with van der Waals surface area (Å²) in [5, 5.41) is 3.44. The molecule has 2 nitrogen and oxygen atoms in total. The maximum absolute atomic E-state index is 4.19. The average Bonchev–Trinajstić information content (AvgIpc) is 2.38. The van der Waals surface area contributed by atoms with Crippen LogP contribution >= 0.6 is 0 Å². The first-order valence-corrected chi connectivity index (χ1v) is 6.40. The van der Waals surface area contributed by atoms with Gasteiger partial charge in [0.2, 0.25) is 0 Å². The highest BCUT2D eigenvalue weighted by atomic mass is 14.9. The molecule has 1 N–H and O–H groups in total. The summed E-state index contributed by atoms with van der Waals surface area (Å²) in [6.07, 6.45) is 3.73. The van der Waals surface area contributed by atoms with Crippen molar-refractivity contribution in [1.82, 2.24) is 10.3 Å². The highest BCUT2D eigenvalue weighted by Gasteiger charge is 2.04. The highest BCUT2D eigenvalue weighted by molar-refractivity contribution is 5.66. The Morgan fingerprint density at radius 3 is 2.72 bits per heavy atom. The molecule has 0 amide bonds. The van der Waals surface area contributed by atoms with Crippen LogP contribution in [0.3, 0.4) is 0 Å². The molecule has 0 saturated heterocycles. The van der Waals surface area contributed by atoms with Crippen LogP contribution in [0.5, 0.6) is 0 Å². The van der Waals surface area contributed by atoms with Crippen molar-refractivity contribution < 1.29 is 0 Å². The zero-order valence-corrected chi connectivity index (χ0v) is 11.3. The normalized spacial score (nSPS) is 10.9. The lowest BCUT2D eigenvalue weighted by Crippen LogP contribution is -2.21. The fourth-order valence-corrected chi connectivity index (χ4v) is 1.93. The van der Waals surface area contributed by atoms with Gasteiger partial charge >= 0.3 is 0 Å². The van der Waals surface area contributed by atoms with Crippen molar-refractivity contribution in [3.8, 4) is 11.1 Å². The number of benzene rings is 1. The average molecular weight is 240 g/mol. The van der Waals surface area contributed by atoms with E-state index in [4.69, 9.17) is 0 Å². The second-order valence-electron chi connectivity index (χ2n) is 4.93. The molecule has 18 heavy (non-hydrogen) atoms. The first-order valence-electron chi connectivity index (χ1n) is 6.40. The second-order valence-corrected chi connectivity index (χ2v) is 4.93. The molecule has 0 unspecified atom stereocenters. The first-order chi connectivity index (χ1) is 8.66. The highest BCUT2D eigenvalue weighted by Crippen LogP contribution is 2.23. The molecule has 0 aliphatic heterocycles. The number of hydrogen-bond donors (Lipinski definition) is 1. The van der Waals surface area contributed by atoms with Gasteiger partial charge in [0.05, 0.1) is 0 Å². The molecular weight excluding hydrogens is 220 g/mol. The predicted molar refractivity (Wildman–Crippen MR) is 76.4 cm³/mol. The number of aryl methyl sites for hydroxylation is 1. The van der Waals surface area contributed by atoms with Crippen molar-refractivity contribution in [2.24, 2.45) is 0 Å². The van der Waals surface area contributed by atoms with Crippen molar-refractivity contribution in [1.29, 1.82) is 0 Å². The van der Waals surface area contributed by atoms with E-state index in [2.05, 4.69) is 55.3 Å². The largest absolute Gasteiger partial charge is 0.310 e. The summed E-state index contributed by atoms with van der Waals surface area (Å²) < 4.78 is 0. The van der Waals surface area contributed by atoms with Crippen molar-refractivity contribution in [2.45, 2.75) is 33.4 Å². The topological polar surface area (TPSA) is 24.9 Å². The Labute approximate surface area is 109 Å². The maximum Gasteiger partial charge on any atom is 0.0346 e. The number of rotatable bonds is 4. The summed E-state index contributed by atoms with van der Waals surface area (Å²) >= 11 is 0. The zero-order chi connectivity index (χ0) is 13.0. The Balaban J connectivity index is 2.27. The SMILES string of the molecule is Cc1ccc(CNC(C)C)cc1-c1cccnc1. The van der Waals surface area contributed by atoms with E-state index in [0.29, 0.717) is 6.04 Å². The Morgan fingerprint density at radius 1 is 1.22 bits per heavy atom. The summed E-state index contributed by atoms with van der Waals surface area (Å²) in [6.45, 7) is 7.37. The molecule has 2 rings (SSSR count). The van der Waals surface area contributed by atoms with Gasteiger partial charge in [0.25, 0.3) is 0 Å². The molecule has 94 valence electrons. The van der Waals surface area contributed by atoms with Crippen molar-refractivity contribution in [2.75, 3.05) is 0 Å². The Bertz CT molecular complexity index is 504. The van der Waals surface area contributed by atoms with E-state index in [1.807, 2.05) is 18.5 Å². The summed E-state index contributed by atoms with van der Waals surface area (Å²) in [4.78, 5) is 4.19. The van der Waals surface area contributed by atoms with Gasteiger partial charge in [0, 0.05) is 30.5 Å². The van der Waals surface area contributed by atoms with Gasteiger partial charge in [-0.15, -0.1) is 0 Å². The maximum atomic E-state index is 4.19. The number of hydrogen-bond acceptors (Lipinski definition) is 2. The molecule has 2 aromatic rings. The number of aromatic nitrogens is 1. The van der Waals surface area contributed by atoms with Gasteiger partial charge in [0.1, 0.15) is 0 Å². The van der Waals surface area contributed by atoms with Crippen LogP contribution in [0.4, 0.5) is 0 Å². The minimum absolute atomic E-state index is 0.508. The summed E-state index contributed by atoms with van der Waals surface area (Å²) in [7, 11) is 0. The van der Waals surface area contributed by atoms with Crippen LogP contribution in [0, 0.1) is 6.92 Å². The summed E-state index contributed by atoms with van der Waals surface area (Å²) in [6, 6.07) is 11.2. The van der Waals surface area contributed by atoms with Crippen molar-refractivity contribution in [3.63, 3.8) is 0 Å². The van der Waals surface area contributed by atoms with Crippen LogP contribution < -0.4 is 5.32 Å². The molecule has 1 aromatic carbocycles. The van der Waals surface area contributed by atoms with Crippen molar-refractivity contribution in [3.05, 3.63) is 53.9 Å². The van der Waals surface area contributed by atoms with Crippen molar-refractivity contribution >= 4 is 0 Å². The lowest BCUT2D eigenvalue weighted by atomic mass is 9.99. The number of nitrogens with one attached hydrogen (secondary N) is 1. The van der Waals surface area contributed by atoms with E-state index < -0.39 is 0 Å².